The highest BCUT2D eigenvalue weighted by Gasteiger charge is 2.26. The van der Waals surface area contributed by atoms with Crippen molar-refractivity contribution in [2.75, 3.05) is 12.5 Å². The summed E-state index contributed by atoms with van der Waals surface area (Å²) < 4.78 is 5.26. The van der Waals surface area contributed by atoms with Crippen LogP contribution in [-0.4, -0.2) is 35.1 Å². The number of amides is 1. The summed E-state index contributed by atoms with van der Waals surface area (Å²) in [5, 5.41) is 2.92. The van der Waals surface area contributed by atoms with Gasteiger partial charge in [0.05, 0.1) is 18.5 Å². The zero-order chi connectivity index (χ0) is 13.0. The minimum absolute atomic E-state index is 0.138. The monoisotopic (exact) mass is 251 g/mol. The summed E-state index contributed by atoms with van der Waals surface area (Å²) in [6.07, 6.45) is 5.83. The molecule has 1 aromatic rings. The first-order valence-corrected chi connectivity index (χ1v) is 5.85. The molecule has 0 saturated heterocycles. The molecule has 4 N–H and O–H groups in total. The van der Waals surface area contributed by atoms with Crippen LogP contribution in [0.4, 0.5) is 5.82 Å². The maximum absolute atomic E-state index is 11.9. The van der Waals surface area contributed by atoms with E-state index in [0.29, 0.717) is 5.82 Å². The SMILES string of the molecule is COC1CCC(NC(=O)c2cncc(NN)n2)C1. The number of methoxy groups -OCH3 is 1. The summed E-state index contributed by atoms with van der Waals surface area (Å²) in [5.74, 6) is 5.35. The Morgan fingerprint density at radius 1 is 1.50 bits per heavy atom. The fraction of sp³-hybridized carbons (Fsp3) is 0.545. The second kappa shape index (κ2) is 5.74. The predicted octanol–water partition coefficient (Wildman–Crippen LogP) is 0.0595. The minimum atomic E-state index is -0.235. The summed E-state index contributed by atoms with van der Waals surface area (Å²) in [5.41, 5.74) is 2.61. The van der Waals surface area contributed by atoms with E-state index >= 15 is 0 Å². The molecule has 7 nitrogen and oxygen atoms in total. The fourth-order valence-corrected chi connectivity index (χ4v) is 2.09. The van der Waals surface area contributed by atoms with E-state index in [2.05, 4.69) is 20.7 Å². The van der Waals surface area contributed by atoms with Crippen LogP contribution in [0, 0.1) is 0 Å². The first-order chi connectivity index (χ1) is 8.72. The van der Waals surface area contributed by atoms with E-state index in [1.54, 1.807) is 7.11 Å². The number of rotatable bonds is 4. The number of nitrogen functional groups attached to an aromatic ring is 1. The molecular formula is C11H17N5O2. The Bertz CT molecular complexity index is 426. The molecule has 1 aromatic heterocycles. The number of aromatic nitrogens is 2. The molecular weight excluding hydrogens is 234 g/mol. The van der Waals surface area contributed by atoms with Crippen LogP contribution >= 0.6 is 0 Å². The molecule has 1 amide bonds. The molecule has 0 aromatic carbocycles. The number of nitrogens with one attached hydrogen (secondary N) is 2. The van der Waals surface area contributed by atoms with Gasteiger partial charge in [-0.25, -0.2) is 10.8 Å². The maximum Gasteiger partial charge on any atom is 0.271 e. The molecule has 18 heavy (non-hydrogen) atoms. The molecule has 7 heteroatoms. The van der Waals surface area contributed by atoms with Crippen LogP contribution in [0.15, 0.2) is 12.4 Å². The smallest absolute Gasteiger partial charge is 0.271 e. The van der Waals surface area contributed by atoms with Crippen LogP contribution in [0.5, 0.6) is 0 Å². The molecule has 1 aliphatic rings. The van der Waals surface area contributed by atoms with Crippen molar-refractivity contribution in [3.05, 3.63) is 18.1 Å². The number of hydrogen-bond donors (Lipinski definition) is 3. The highest BCUT2D eigenvalue weighted by molar-refractivity contribution is 5.92. The third kappa shape index (κ3) is 2.93. The molecule has 1 heterocycles. The number of carbonyl (C=O) groups is 1. The average Bonchev–Trinajstić information content (AvgIpc) is 2.86. The van der Waals surface area contributed by atoms with Crippen LogP contribution in [-0.2, 0) is 4.74 Å². The van der Waals surface area contributed by atoms with Gasteiger partial charge in [0, 0.05) is 13.2 Å². The van der Waals surface area contributed by atoms with E-state index in [1.807, 2.05) is 0 Å². The molecule has 2 atom stereocenters. The van der Waals surface area contributed by atoms with Gasteiger partial charge in [0.2, 0.25) is 0 Å². The molecule has 0 aliphatic heterocycles. The fourth-order valence-electron chi connectivity index (χ4n) is 2.09. The van der Waals surface area contributed by atoms with Crippen molar-refractivity contribution in [3.8, 4) is 0 Å². The van der Waals surface area contributed by atoms with Crippen LogP contribution in [0.1, 0.15) is 29.8 Å². The Morgan fingerprint density at radius 3 is 3.00 bits per heavy atom. The Morgan fingerprint density at radius 2 is 2.33 bits per heavy atom. The van der Waals surface area contributed by atoms with Gasteiger partial charge in [-0.15, -0.1) is 0 Å². The molecule has 0 radical (unpaired) electrons. The van der Waals surface area contributed by atoms with Crippen molar-refractivity contribution >= 4 is 11.7 Å². The zero-order valence-electron chi connectivity index (χ0n) is 10.2. The molecule has 2 rings (SSSR count). The van der Waals surface area contributed by atoms with Crippen molar-refractivity contribution in [3.63, 3.8) is 0 Å². The average molecular weight is 251 g/mol. The van der Waals surface area contributed by atoms with Crippen molar-refractivity contribution in [1.29, 1.82) is 0 Å². The molecule has 0 spiro atoms. The van der Waals surface area contributed by atoms with Crippen molar-refractivity contribution in [2.45, 2.75) is 31.4 Å². The topological polar surface area (TPSA) is 102 Å². The minimum Gasteiger partial charge on any atom is -0.381 e. The summed E-state index contributed by atoms with van der Waals surface area (Å²) in [6, 6.07) is 0.138. The second-order valence-electron chi connectivity index (χ2n) is 4.28. The number of nitrogens with two attached hydrogens (primary N) is 1. The van der Waals surface area contributed by atoms with Crippen LogP contribution in [0.2, 0.25) is 0 Å². The van der Waals surface area contributed by atoms with Crippen molar-refractivity contribution < 1.29 is 9.53 Å². The lowest BCUT2D eigenvalue weighted by molar-refractivity contribution is 0.0910. The molecule has 1 aliphatic carbocycles. The first kappa shape index (κ1) is 12.7. The summed E-state index contributed by atoms with van der Waals surface area (Å²) in [4.78, 5) is 19.9. The normalized spacial score (nSPS) is 22.8. The molecule has 98 valence electrons. The largest absolute Gasteiger partial charge is 0.381 e. The highest BCUT2D eigenvalue weighted by Crippen LogP contribution is 2.21. The molecule has 0 bridgehead atoms. The lowest BCUT2D eigenvalue weighted by Crippen LogP contribution is -2.34. The van der Waals surface area contributed by atoms with E-state index in [1.165, 1.54) is 12.4 Å². The standard InChI is InChI=1S/C11H17N5O2/c1-18-8-3-2-7(4-8)14-11(17)9-5-13-6-10(15-9)16-12/h5-8H,2-4,12H2,1H3,(H,14,17)(H,15,16). The summed E-state index contributed by atoms with van der Waals surface area (Å²) in [6.45, 7) is 0. The van der Waals surface area contributed by atoms with Crippen LogP contribution in [0.3, 0.4) is 0 Å². The van der Waals surface area contributed by atoms with E-state index < -0.39 is 0 Å². The lowest BCUT2D eigenvalue weighted by atomic mass is 10.2. The number of ether oxygens (including phenoxy) is 1. The van der Waals surface area contributed by atoms with Gasteiger partial charge in [0.15, 0.2) is 5.82 Å². The Labute approximate surface area is 105 Å². The van der Waals surface area contributed by atoms with E-state index in [0.717, 1.165) is 19.3 Å². The molecule has 2 unspecified atom stereocenters. The summed E-state index contributed by atoms with van der Waals surface area (Å²) in [7, 11) is 1.69. The third-order valence-electron chi connectivity index (χ3n) is 3.07. The Kier molecular flexibility index (Phi) is 4.06. The van der Waals surface area contributed by atoms with Gasteiger partial charge in [-0.05, 0) is 19.3 Å². The van der Waals surface area contributed by atoms with Crippen molar-refractivity contribution in [2.24, 2.45) is 5.84 Å². The van der Waals surface area contributed by atoms with Gasteiger partial charge in [0.25, 0.3) is 5.91 Å². The molecule has 1 fully saturated rings. The quantitative estimate of drug-likeness (QED) is 0.516. The zero-order valence-corrected chi connectivity index (χ0v) is 10.2. The van der Waals surface area contributed by atoms with Crippen molar-refractivity contribution in [1.82, 2.24) is 15.3 Å². The lowest BCUT2D eigenvalue weighted by Gasteiger charge is -2.12. The van der Waals surface area contributed by atoms with Gasteiger partial charge in [-0.1, -0.05) is 0 Å². The Balaban J connectivity index is 1.95. The predicted molar refractivity (Wildman–Crippen MR) is 65.7 cm³/mol. The number of hydrazine groups is 1. The van der Waals surface area contributed by atoms with Gasteiger partial charge in [-0.3, -0.25) is 9.78 Å². The van der Waals surface area contributed by atoms with Gasteiger partial charge >= 0.3 is 0 Å². The third-order valence-corrected chi connectivity index (χ3v) is 3.07. The Hall–Kier alpha value is -1.73. The van der Waals surface area contributed by atoms with E-state index in [-0.39, 0.29) is 23.7 Å². The van der Waals surface area contributed by atoms with E-state index in [4.69, 9.17) is 10.6 Å². The number of nitrogens with zero attached hydrogens (tertiary/aromatic N) is 2. The van der Waals surface area contributed by atoms with Gasteiger partial charge in [-0.2, -0.15) is 0 Å². The van der Waals surface area contributed by atoms with Crippen LogP contribution in [0.25, 0.3) is 0 Å². The number of anilines is 1. The van der Waals surface area contributed by atoms with Gasteiger partial charge in [0.1, 0.15) is 5.69 Å². The van der Waals surface area contributed by atoms with E-state index in [9.17, 15) is 4.79 Å². The highest BCUT2D eigenvalue weighted by atomic mass is 16.5. The summed E-state index contributed by atoms with van der Waals surface area (Å²) >= 11 is 0. The molecule has 1 saturated carbocycles. The number of carbonyl (C=O) groups excluding carboxylic acids is 1. The maximum atomic E-state index is 11.9. The number of hydrogen-bond acceptors (Lipinski definition) is 6. The van der Waals surface area contributed by atoms with Crippen LogP contribution < -0.4 is 16.6 Å². The van der Waals surface area contributed by atoms with Gasteiger partial charge < -0.3 is 15.5 Å². The second-order valence-corrected chi connectivity index (χ2v) is 4.28. The first-order valence-electron chi connectivity index (χ1n) is 5.85.